The van der Waals surface area contributed by atoms with Gasteiger partial charge in [-0.1, -0.05) is 11.3 Å². The molecule has 0 saturated heterocycles. The molecule has 0 atom stereocenters. The number of rotatable bonds is 3. The quantitative estimate of drug-likeness (QED) is 0.700. The Balaban J connectivity index is 1.99. The maximum absolute atomic E-state index is 10.8. The lowest BCUT2D eigenvalue weighted by atomic mass is 10.4. The molecule has 2 rings (SSSR count). The highest BCUT2D eigenvalue weighted by Crippen LogP contribution is 2.04. The van der Waals surface area contributed by atoms with E-state index in [9.17, 15) is 4.79 Å². The van der Waals surface area contributed by atoms with Gasteiger partial charge >= 0.3 is 4.87 Å². The van der Waals surface area contributed by atoms with Crippen LogP contribution >= 0.6 is 11.3 Å². The molecule has 0 saturated carbocycles. The predicted octanol–water partition coefficient (Wildman–Crippen LogP) is 0.421. The molecule has 0 fully saturated rings. The van der Waals surface area contributed by atoms with E-state index < -0.39 is 0 Å². The van der Waals surface area contributed by atoms with E-state index in [0.717, 1.165) is 17.0 Å². The van der Waals surface area contributed by atoms with Gasteiger partial charge in [-0.3, -0.25) is 4.79 Å². The number of nitrogens with one attached hydrogen (secondary N) is 2. The highest BCUT2D eigenvalue weighted by atomic mass is 32.1. The van der Waals surface area contributed by atoms with E-state index in [-0.39, 0.29) is 4.87 Å². The van der Waals surface area contributed by atoms with Crippen molar-refractivity contribution in [3.63, 3.8) is 0 Å². The summed E-state index contributed by atoms with van der Waals surface area (Å²) in [4.78, 5) is 13.5. The Labute approximate surface area is 89.2 Å². The minimum absolute atomic E-state index is 0.0600. The lowest BCUT2D eigenvalue weighted by molar-refractivity contribution is 0.988. The summed E-state index contributed by atoms with van der Waals surface area (Å²) in [5.74, 6) is 1.00. The topological polar surface area (TPSA) is 96.7 Å². The molecular formula is C8H9N5OS. The Morgan fingerprint density at radius 2 is 2.33 bits per heavy atom. The molecule has 0 aliphatic rings. The second-order valence-corrected chi connectivity index (χ2v) is 3.71. The van der Waals surface area contributed by atoms with Gasteiger partial charge in [0.2, 0.25) is 0 Å². The van der Waals surface area contributed by atoms with Crippen LogP contribution in [0.3, 0.4) is 0 Å². The molecule has 6 nitrogen and oxygen atoms in total. The number of nitrogens with zero attached hydrogens (tertiary/aromatic N) is 2. The van der Waals surface area contributed by atoms with Crippen molar-refractivity contribution in [2.45, 2.75) is 6.54 Å². The lowest BCUT2D eigenvalue weighted by Crippen LogP contribution is -2.05. The van der Waals surface area contributed by atoms with Crippen molar-refractivity contribution >= 4 is 23.0 Å². The molecule has 4 N–H and O–H groups in total. The number of hydrogen-bond acceptors (Lipinski definition) is 6. The lowest BCUT2D eigenvalue weighted by Gasteiger charge is -2.02. The molecular weight excluding hydrogens is 214 g/mol. The van der Waals surface area contributed by atoms with Crippen LogP contribution in [0.15, 0.2) is 22.3 Å². The molecule has 0 bridgehead atoms. The van der Waals surface area contributed by atoms with E-state index in [0.29, 0.717) is 18.2 Å². The molecule has 0 unspecified atom stereocenters. The van der Waals surface area contributed by atoms with E-state index in [2.05, 4.69) is 20.5 Å². The second kappa shape index (κ2) is 4.09. The van der Waals surface area contributed by atoms with Gasteiger partial charge in [-0.15, -0.1) is 10.2 Å². The van der Waals surface area contributed by atoms with Crippen molar-refractivity contribution in [2.75, 3.05) is 11.1 Å². The van der Waals surface area contributed by atoms with Gasteiger partial charge in [0.1, 0.15) is 11.6 Å². The number of nitrogen functional groups attached to an aromatic ring is 1. The third-order valence-electron chi connectivity index (χ3n) is 1.72. The Hall–Kier alpha value is -1.89. The fourth-order valence-electron chi connectivity index (χ4n) is 1.02. The van der Waals surface area contributed by atoms with Crippen molar-refractivity contribution in [3.8, 4) is 0 Å². The molecule has 78 valence electrons. The Morgan fingerprint density at radius 1 is 1.47 bits per heavy atom. The van der Waals surface area contributed by atoms with Crippen molar-refractivity contribution in [3.05, 3.63) is 32.9 Å². The largest absolute Gasteiger partial charge is 0.382 e. The highest BCUT2D eigenvalue weighted by Gasteiger charge is 1.98. The first-order chi connectivity index (χ1) is 7.24. The third-order valence-corrected chi connectivity index (χ3v) is 2.43. The van der Waals surface area contributed by atoms with Crippen LogP contribution in [0.1, 0.15) is 5.69 Å². The summed E-state index contributed by atoms with van der Waals surface area (Å²) in [6.07, 6.45) is 0. The Morgan fingerprint density at radius 3 is 2.93 bits per heavy atom. The minimum Gasteiger partial charge on any atom is -0.382 e. The maximum atomic E-state index is 10.8. The van der Waals surface area contributed by atoms with E-state index in [1.807, 2.05) is 0 Å². The van der Waals surface area contributed by atoms with Gasteiger partial charge in [-0.2, -0.15) is 0 Å². The van der Waals surface area contributed by atoms with Crippen LogP contribution in [0.25, 0.3) is 0 Å². The van der Waals surface area contributed by atoms with E-state index >= 15 is 0 Å². The number of aromatic amines is 1. The molecule has 2 aromatic heterocycles. The summed E-state index contributed by atoms with van der Waals surface area (Å²) >= 11 is 1.13. The van der Waals surface area contributed by atoms with Gasteiger partial charge in [0.15, 0.2) is 0 Å². The fraction of sp³-hybridized carbons (Fsp3) is 0.125. The summed E-state index contributed by atoms with van der Waals surface area (Å²) in [5.41, 5.74) is 6.21. The summed E-state index contributed by atoms with van der Waals surface area (Å²) in [5, 5.41) is 12.3. The van der Waals surface area contributed by atoms with Crippen molar-refractivity contribution in [1.82, 2.24) is 15.2 Å². The number of thiazole rings is 1. The SMILES string of the molecule is Nc1ccc(NCc2csc(=O)[nH]2)nn1. The van der Waals surface area contributed by atoms with Gasteiger partial charge in [0.25, 0.3) is 0 Å². The molecule has 0 radical (unpaired) electrons. The van der Waals surface area contributed by atoms with Crippen LogP contribution in [0, 0.1) is 0 Å². The second-order valence-electron chi connectivity index (χ2n) is 2.87. The van der Waals surface area contributed by atoms with Gasteiger partial charge in [0, 0.05) is 11.1 Å². The Bertz CT molecular complexity index is 488. The van der Waals surface area contributed by atoms with Gasteiger partial charge < -0.3 is 16.0 Å². The predicted molar refractivity (Wildman–Crippen MR) is 58.7 cm³/mol. The Kier molecular flexibility index (Phi) is 2.64. The summed E-state index contributed by atoms with van der Waals surface area (Å²) < 4.78 is 0. The number of hydrogen-bond donors (Lipinski definition) is 3. The van der Waals surface area contributed by atoms with Crippen molar-refractivity contribution in [1.29, 1.82) is 0 Å². The minimum atomic E-state index is -0.0600. The van der Waals surface area contributed by atoms with E-state index in [1.54, 1.807) is 17.5 Å². The van der Waals surface area contributed by atoms with Gasteiger partial charge in [0.05, 0.1) is 6.54 Å². The monoisotopic (exact) mass is 223 g/mol. The van der Waals surface area contributed by atoms with E-state index in [1.165, 1.54) is 0 Å². The molecule has 15 heavy (non-hydrogen) atoms. The fourth-order valence-corrected chi connectivity index (χ4v) is 1.60. The molecule has 0 spiro atoms. The molecule has 0 aromatic carbocycles. The number of nitrogens with two attached hydrogens (primary N) is 1. The average Bonchev–Trinajstić information content (AvgIpc) is 2.64. The highest BCUT2D eigenvalue weighted by molar-refractivity contribution is 7.07. The zero-order valence-electron chi connectivity index (χ0n) is 7.73. The maximum Gasteiger partial charge on any atom is 0.304 e. The summed E-state index contributed by atoms with van der Waals surface area (Å²) in [6, 6.07) is 3.39. The van der Waals surface area contributed by atoms with Gasteiger partial charge in [-0.25, -0.2) is 0 Å². The smallest absolute Gasteiger partial charge is 0.304 e. The van der Waals surface area contributed by atoms with Gasteiger partial charge in [-0.05, 0) is 12.1 Å². The third kappa shape index (κ3) is 2.53. The zero-order chi connectivity index (χ0) is 10.7. The molecule has 0 aliphatic carbocycles. The molecule has 0 amide bonds. The van der Waals surface area contributed by atoms with Crippen LogP contribution < -0.4 is 15.9 Å². The van der Waals surface area contributed by atoms with Crippen LogP contribution in [0.5, 0.6) is 0 Å². The summed E-state index contributed by atoms with van der Waals surface area (Å²) in [7, 11) is 0. The zero-order valence-corrected chi connectivity index (χ0v) is 8.54. The number of H-pyrrole nitrogens is 1. The molecule has 7 heteroatoms. The first-order valence-electron chi connectivity index (χ1n) is 4.24. The van der Waals surface area contributed by atoms with E-state index in [4.69, 9.17) is 5.73 Å². The normalized spacial score (nSPS) is 10.1. The number of aromatic nitrogens is 3. The molecule has 2 heterocycles. The average molecular weight is 223 g/mol. The summed E-state index contributed by atoms with van der Waals surface area (Å²) in [6.45, 7) is 0.511. The van der Waals surface area contributed by atoms with Crippen molar-refractivity contribution < 1.29 is 0 Å². The number of anilines is 2. The van der Waals surface area contributed by atoms with Crippen LogP contribution in [0.2, 0.25) is 0 Å². The first kappa shape index (κ1) is 9.66. The standard InChI is InChI=1S/C8H9N5OS/c9-6-1-2-7(13-12-6)10-3-5-4-15-8(14)11-5/h1-2,4H,3H2,(H2,9,12)(H,10,13)(H,11,14). The molecule has 2 aromatic rings. The first-order valence-corrected chi connectivity index (χ1v) is 5.12. The molecule has 0 aliphatic heterocycles. The van der Waals surface area contributed by atoms with Crippen LogP contribution in [-0.4, -0.2) is 15.2 Å². The van der Waals surface area contributed by atoms with Crippen LogP contribution in [-0.2, 0) is 6.54 Å². The van der Waals surface area contributed by atoms with Crippen molar-refractivity contribution in [2.24, 2.45) is 0 Å². The van der Waals surface area contributed by atoms with Crippen LogP contribution in [0.4, 0.5) is 11.6 Å².